The van der Waals surface area contributed by atoms with E-state index >= 15 is 0 Å². The monoisotopic (exact) mass is 666 g/mol. The number of esters is 1. The molecule has 1 aromatic carbocycles. The van der Waals surface area contributed by atoms with E-state index in [0.717, 1.165) is 29.6 Å². The lowest BCUT2D eigenvalue weighted by Gasteiger charge is -2.28. The fourth-order valence-electron chi connectivity index (χ4n) is 3.52. The number of halogens is 14. The molecule has 44 heavy (non-hydrogen) atoms. The Balaban J connectivity index is 2.60. The second-order valence-corrected chi connectivity index (χ2v) is 9.72. The van der Waals surface area contributed by atoms with Crippen LogP contribution in [0, 0.1) is 5.92 Å². The first kappa shape index (κ1) is 36.6. The highest BCUT2D eigenvalue weighted by Crippen LogP contribution is 2.48. The van der Waals surface area contributed by atoms with Crippen molar-refractivity contribution >= 4 is 28.7 Å². The summed E-state index contributed by atoms with van der Waals surface area (Å²) in [6, 6.07) is 1.11. The maximum atomic E-state index is 14.2. The van der Waals surface area contributed by atoms with Gasteiger partial charge in [0.25, 0.3) is 5.91 Å². The van der Waals surface area contributed by atoms with Crippen molar-refractivity contribution in [1.29, 1.82) is 0 Å². The molecule has 248 valence electrons. The summed E-state index contributed by atoms with van der Waals surface area (Å²) in [5.41, 5.74) is -1.51. The van der Waals surface area contributed by atoms with Gasteiger partial charge in [-0.1, -0.05) is 32.0 Å². The van der Waals surface area contributed by atoms with Gasteiger partial charge in [-0.15, -0.1) is 0 Å². The summed E-state index contributed by atoms with van der Waals surface area (Å²) in [7, 11) is 0. The largest absolute Gasteiger partial charge is 0.464 e. The maximum Gasteiger partial charge on any atom is 0.460 e. The number of ether oxygens (including phenoxy) is 1. The molecule has 0 aliphatic carbocycles. The summed E-state index contributed by atoms with van der Waals surface area (Å²) >= 11 is 0. The van der Waals surface area contributed by atoms with E-state index in [9.17, 15) is 75.8 Å². The van der Waals surface area contributed by atoms with Crippen molar-refractivity contribution < 1.29 is 80.6 Å². The average Bonchev–Trinajstić information content (AvgIpc) is 3.24. The van der Waals surface area contributed by atoms with Gasteiger partial charge < -0.3 is 10.1 Å². The third kappa shape index (κ3) is 6.72. The van der Waals surface area contributed by atoms with Crippen LogP contribution in [0.1, 0.15) is 30.6 Å². The minimum absolute atomic E-state index is 0.0744. The Morgan fingerprint density at radius 1 is 0.795 bits per heavy atom. The Bertz CT molecular complexity index is 1380. The number of carbonyl (C=O) groups is 3. The van der Waals surface area contributed by atoms with Gasteiger partial charge in [-0.3, -0.25) is 14.2 Å². The number of nitrogens with zero attached hydrogens (tertiary/aromatic N) is 1. The molecule has 0 spiro atoms. The van der Waals surface area contributed by atoms with Crippen LogP contribution in [0.25, 0.3) is 10.9 Å². The number of nitrogens with one attached hydrogen (secondary N) is 1. The van der Waals surface area contributed by atoms with Crippen molar-refractivity contribution in [2.24, 2.45) is 5.92 Å². The van der Waals surface area contributed by atoms with E-state index in [1.165, 1.54) is 0 Å². The molecule has 0 aliphatic heterocycles. The number of hydrogen-bond acceptors (Lipinski definition) is 4. The number of aromatic nitrogens is 1. The van der Waals surface area contributed by atoms with Gasteiger partial charge in [0.15, 0.2) is 0 Å². The molecule has 0 bridgehead atoms. The third-order valence-electron chi connectivity index (χ3n) is 6.02. The van der Waals surface area contributed by atoms with E-state index in [4.69, 9.17) is 4.74 Å². The van der Waals surface area contributed by atoms with Gasteiger partial charge in [0.05, 0.1) is 12.1 Å². The number of fused-ring (bicyclic) bond motifs is 1. The van der Waals surface area contributed by atoms with Crippen LogP contribution < -0.4 is 5.32 Å². The highest BCUT2D eigenvalue weighted by molar-refractivity contribution is 5.98. The Morgan fingerprint density at radius 2 is 1.30 bits per heavy atom. The molecule has 0 aliphatic rings. The SMILES string of the molecule is CC(C)CCOC(=O)[C@H](Cc1cn(C(=O)C(F)(F)C(F)(F)C(F)(F)F)c2ccccc12)NC(=O)C(F)(F)C(F)(F)C(F)(F)F. The van der Waals surface area contributed by atoms with Crippen molar-refractivity contribution in [3.05, 3.63) is 36.0 Å². The minimum atomic E-state index is -6.96. The fourth-order valence-corrected chi connectivity index (χ4v) is 3.52. The van der Waals surface area contributed by atoms with E-state index in [2.05, 4.69) is 0 Å². The lowest BCUT2D eigenvalue weighted by atomic mass is 10.0. The first-order chi connectivity index (χ1) is 19.7. The number of para-hydroxylation sites is 1. The molecule has 20 heteroatoms. The molecule has 1 amide bonds. The van der Waals surface area contributed by atoms with E-state index < -0.39 is 93.9 Å². The van der Waals surface area contributed by atoms with Gasteiger partial charge in [0.1, 0.15) is 6.04 Å². The van der Waals surface area contributed by atoms with Crippen LogP contribution in [0.4, 0.5) is 61.5 Å². The second kappa shape index (κ2) is 12.1. The number of benzene rings is 1. The molecule has 2 rings (SSSR count). The number of alkyl halides is 14. The Kier molecular flexibility index (Phi) is 10.0. The molecule has 2 aromatic rings. The molecule has 0 unspecified atom stereocenters. The Morgan fingerprint density at radius 3 is 1.80 bits per heavy atom. The number of carbonyl (C=O) groups excluding carboxylic acids is 3. The molecule has 0 saturated heterocycles. The highest BCUT2D eigenvalue weighted by Gasteiger charge is 2.77. The quantitative estimate of drug-likeness (QED) is 0.218. The second-order valence-electron chi connectivity index (χ2n) is 9.72. The third-order valence-corrected chi connectivity index (χ3v) is 6.02. The van der Waals surface area contributed by atoms with E-state index in [1.54, 1.807) is 13.8 Å². The molecule has 0 fully saturated rings. The van der Waals surface area contributed by atoms with Crippen LogP contribution >= 0.6 is 0 Å². The molecular formula is C24H20F14N2O4. The Labute approximate surface area is 237 Å². The molecule has 1 atom stereocenters. The molecular weight excluding hydrogens is 646 g/mol. The molecule has 1 heterocycles. The predicted octanol–water partition coefficient (Wildman–Crippen LogP) is 6.56. The van der Waals surface area contributed by atoms with Crippen molar-refractivity contribution in [2.75, 3.05) is 6.61 Å². The van der Waals surface area contributed by atoms with Crippen LogP contribution in [0.15, 0.2) is 30.5 Å². The number of rotatable bonds is 11. The summed E-state index contributed by atoms with van der Waals surface area (Å²) in [6.07, 6.45) is -14.9. The number of amides is 1. The van der Waals surface area contributed by atoms with Gasteiger partial charge in [0.2, 0.25) is 0 Å². The maximum absolute atomic E-state index is 14.2. The van der Waals surface area contributed by atoms with Gasteiger partial charge in [-0.25, -0.2) is 4.79 Å². The lowest BCUT2D eigenvalue weighted by molar-refractivity contribution is -0.344. The first-order valence-electron chi connectivity index (χ1n) is 12.0. The molecule has 6 nitrogen and oxygen atoms in total. The van der Waals surface area contributed by atoms with Crippen LogP contribution in [0.2, 0.25) is 0 Å². The zero-order valence-electron chi connectivity index (χ0n) is 22.0. The molecule has 1 N–H and O–H groups in total. The molecule has 0 saturated carbocycles. The normalized spacial score (nSPS) is 14.6. The standard InChI is InChI=1S/C24H20F14N2O4/c1-11(2)7-8-44-16(41)14(39-17(42)19(25,26)21(29,30)23(33,34)35)9-12-10-40(15-6-4-3-5-13(12)15)18(43)20(27,28)22(31,32)24(36,37)38/h3-6,10-11,14H,7-9H2,1-2H3,(H,39,42)/t14-/m0/s1. The van der Waals surface area contributed by atoms with Gasteiger partial charge >= 0.3 is 47.9 Å². The predicted molar refractivity (Wildman–Crippen MR) is 121 cm³/mol. The van der Waals surface area contributed by atoms with Crippen molar-refractivity contribution in [3.8, 4) is 0 Å². The Hall–Kier alpha value is -3.61. The van der Waals surface area contributed by atoms with Crippen molar-refractivity contribution in [2.45, 2.75) is 68.8 Å². The average molecular weight is 666 g/mol. The van der Waals surface area contributed by atoms with Gasteiger partial charge in [-0.05, 0) is 24.0 Å². The summed E-state index contributed by atoms with van der Waals surface area (Å²) < 4.78 is 190. The first-order valence-corrected chi connectivity index (χ1v) is 12.0. The summed E-state index contributed by atoms with van der Waals surface area (Å²) in [6.45, 7) is 2.70. The van der Waals surface area contributed by atoms with Crippen LogP contribution in [-0.2, 0) is 20.7 Å². The lowest BCUT2D eigenvalue weighted by Crippen LogP contribution is -2.61. The summed E-state index contributed by atoms with van der Waals surface area (Å²) in [4.78, 5) is 36.9. The minimum Gasteiger partial charge on any atom is -0.464 e. The van der Waals surface area contributed by atoms with Crippen molar-refractivity contribution in [1.82, 2.24) is 9.88 Å². The molecule has 0 radical (unpaired) electrons. The topological polar surface area (TPSA) is 77.4 Å². The fraction of sp³-hybridized carbons (Fsp3) is 0.542. The van der Waals surface area contributed by atoms with Crippen LogP contribution in [0.5, 0.6) is 0 Å². The highest BCUT2D eigenvalue weighted by atomic mass is 19.4. The molecule has 1 aromatic heterocycles. The van der Waals surface area contributed by atoms with Crippen LogP contribution in [-0.4, -0.2) is 71.0 Å². The van der Waals surface area contributed by atoms with Gasteiger partial charge in [-0.2, -0.15) is 61.5 Å². The van der Waals surface area contributed by atoms with E-state index in [0.29, 0.717) is 0 Å². The zero-order chi connectivity index (χ0) is 34.3. The van der Waals surface area contributed by atoms with E-state index in [1.807, 2.05) is 0 Å². The van der Waals surface area contributed by atoms with Crippen LogP contribution in [0.3, 0.4) is 0 Å². The summed E-state index contributed by atoms with van der Waals surface area (Å²) in [5.74, 6) is -35.3. The zero-order valence-corrected chi connectivity index (χ0v) is 22.0. The summed E-state index contributed by atoms with van der Waals surface area (Å²) in [5, 5.41) is 0.453. The van der Waals surface area contributed by atoms with Gasteiger partial charge in [0, 0.05) is 18.0 Å². The van der Waals surface area contributed by atoms with E-state index in [-0.39, 0.29) is 18.5 Å². The smallest absolute Gasteiger partial charge is 0.460 e. The number of hydrogen-bond donors (Lipinski definition) is 1. The van der Waals surface area contributed by atoms with Crippen molar-refractivity contribution in [3.63, 3.8) is 0 Å².